The van der Waals surface area contributed by atoms with E-state index in [0.29, 0.717) is 6.42 Å². The molecule has 0 atom stereocenters. The topological polar surface area (TPSA) is 56.3 Å². The van der Waals surface area contributed by atoms with E-state index in [-0.39, 0.29) is 24.6 Å². The monoisotopic (exact) mass is 257 g/mol. The number of ketones is 1. The van der Waals surface area contributed by atoms with Crippen molar-refractivity contribution in [2.75, 3.05) is 7.11 Å². The van der Waals surface area contributed by atoms with Gasteiger partial charge in [-0.25, -0.2) is 0 Å². The number of esters is 1. The van der Waals surface area contributed by atoms with E-state index in [1.165, 1.54) is 7.11 Å². The van der Waals surface area contributed by atoms with Crippen molar-refractivity contribution in [3.63, 3.8) is 0 Å². The molecule has 2 aromatic rings. The highest BCUT2D eigenvalue weighted by Gasteiger charge is 2.10. The van der Waals surface area contributed by atoms with Gasteiger partial charge in [-0.05, 0) is 10.9 Å². The molecule has 1 aromatic heterocycles. The normalized spacial score (nSPS) is 10.4. The van der Waals surface area contributed by atoms with Crippen LogP contribution in [0, 0.1) is 0 Å². The van der Waals surface area contributed by atoms with Crippen molar-refractivity contribution in [1.29, 1.82) is 0 Å². The van der Waals surface area contributed by atoms with Crippen molar-refractivity contribution in [2.24, 2.45) is 0 Å². The number of carbonyl (C=O) groups excluding carboxylic acids is 2. The van der Waals surface area contributed by atoms with Gasteiger partial charge in [-0.2, -0.15) is 0 Å². The average Bonchev–Trinajstić information content (AvgIpc) is 2.45. The predicted octanol–water partition coefficient (Wildman–Crippen LogP) is 2.30. The summed E-state index contributed by atoms with van der Waals surface area (Å²) in [4.78, 5) is 27.0. The molecular weight excluding hydrogens is 242 g/mol. The fraction of sp³-hybridized carbons (Fsp3) is 0.267. The number of benzene rings is 1. The van der Waals surface area contributed by atoms with E-state index in [4.69, 9.17) is 0 Å². The second-order valence-corrected chi connectivity index (χ2v) is 4.31. The first-order valence-electron chi connectivity index (χ1n) is 6.11. The minimum atomic E-state index is -0.357. The number of methoxy groups -OCH3 is 1. The third kappa shape index (κ3) is 3.37. The van der Waals surface area contributed by atoms with Gasteiger partial charge in [0.05, 0.1) is 13.5 Å². The molecule has 1 aromatic carbocycles. The summed E-state index contributed by atoms with van der Waals surface area (Å²) in [5.74, 6) is -0.340. The SMILES string of the molecule is COC(=O)CCC(=O)Cc1cncc2ccccc12. The van der Waals surface area contributed by atoms with Crippen LogP contribution in [0.2, 0.25) is 0 Å². The van der Waals surface area contributed by atoms with Crippen LogP contribution in [0.25, 0.3) is 10.8 Å². The summed E-state index contributed by atoms with van der Waals surface area (Å²) < 4.78 is 4.52. The van der Waals surface area contributed by atoms with E-state index in [2.05, 4.69) is 9.72 Å². The van der Waals surface area contributed by atoms with Gasteiger partial charge < -0.3 is 4.74 Å². The van der Waals surface area contributed by atoms with Crippen molar-refractivity contribution < 1.29 is 14.3 Å². The summed E-state index contributed by atoms with van der Waals surface area (Å²) in [5, 5.41) is 2.05. The molecule has 0 unspecified atom stereocenters. The highest BCUT2D eigenvalue weighted by atomic mass is 16.5. The van der Waals surface area contributed by atoms with Crippen LogP contribution in [0.1, 0.15) is 18.4 Å². The zero-order valence-corrected chi connectivity index (χ0v) is 10.8. The fourth-order valence-corrected chi connectivity index (χ4v) is 1.96. The van der Waals surface area contributed by atoms with Gasteiger partial charge in [0, 0.05) is 30.6 Å². The first-order valence-corrected chi connectivity index (χ1v) is 6.11. The minimum Gasteiger partial charge on any atom is -0.469 e. The number of carbonyl (C=O) groups is 2. The number of Topliss-reactive ketones (excluding diaryl/α,β-unsaturated/α-hetero) is 1. The summed E-state index contributed by atoms with van der Waals surface area (Å²) in [6.45, 7) is 0. The maximum absolute atomic E-state index is 11.8. The maximum Gasteiger partial charge on any atom is 0.305 e. The smallest absolute Gasteiger partial charge is 0.305 e. The van der Waals surface area contributed by atoms with Gasteiger partial charge in [0.1, 0.15) is 5.78 Å². The Balaban J connectivity index is 2.09. The Morgan fingerprint density at radius 2 is 1.95 bits per heavy atom. The lowest BCUT2D eigenvalue weighted by molar-refractivity contribution is -0.141. The summed E-state index contributed by atoms with van der Waals surface area (Å²) in [7, 11) is 1.32. The lowest BCUT2D eigenvalue weighted by Crippen LogP contribution is -2.08. The largest absolute Gasteiger partial charge is 0.469 e. The lowest BCUT2D eigenvalue weighted by Gasteiger charge is -2.05. The molecule has 4 heteroatoms. The van der Waals surface area contributed by atoms with Crippen molar-refractivity contribution in [2.45, 2.75) is 19.3 Å². The fourth-order valence-electron chi connectivity index (χ4n) is 1.96. The Morgan fingerprint density at radius 1 is 1.16 bits per heavy atom. The molecular formula is C15H15NO3. The summed E-state index contributed by atoms with van der Waals surface area (Å²) >= 11 is 0. The number of pyridine rings is 1. The van der Waals surface area contributed by atoms with Gasteiger partial charge in [-0.15, -0.1) is 0 Å². The molecule has 2 rings (SSSR count). The molecule has 19 heavy (non-hydrogen) atoms. The molecule has 0 aliphatic rings. The van der Waals surface area contributed by atoms with Gasteiger partial charge >= 0.3 is 5.97 Å². The molecule has 4 nitrogen and oxygen atoms in total. The summed E-state index contributed by atoms with van der Waals surface area (Å²) in [6.07, 6.45) is 4.12. The molecule has 1 heterocycles. The first kappa shape index (κ1) is 13.2. The third-order valence-electron chi connectivity index (χ3n) is 2.97. The highest BCUT2D eigenvalue weighted by Crippen LogP contribution is 2.18. The van der Waals surface area contributed by atoms with Crippen LogP contribution in [-0.2, 0) is 20.7 Å². The average molecular weight is 257 g/mol. The third-order valence-corrected chi connectivity index (χ3v) is 2.97. The molecule has 0 amide bonds. The zero-order valence-electron chi connectivity index (χ0n) is 10.8. The predicted molar refractivity (Wildman–Crippen MR) is 71.7 cm³/mol. The van der Waals surface area contributed by atoms with Crippen molar-refractivity contribution in [3.8, 4) is 0 Å². The van der Waals surface area contributed by atoms with Crippen LogP contribution in [0.4, 0.5) is 0 Å². The maximum atomic E-state index is 11.8. The molecule has 0 N–H and O–H groups in total. The molecule has 0 aliphatic carbocycles. The number of rotatable bonds is 5. The second-order valence-electron chi connectivity index (χ2n) is 4.31. The first-order chi connectivity index (χ1) is 9.20. The highest BCUT2D eigenvalue weighted by molar-refractivity contribution is 5.91. The van der Waals surface area contributed by atoms with Crippen molar-refractivity contribution in [1.82, 2.24) is 4.98 Å². The minimum absolute atomic E-state index is 0.0172. The van der Waals surface area contributed by atoms with Crippen LogP contribution in [-0.4, -0.2) is 23.8 Å². The van der Waals surface area contributed by atoms with Gasteiger partial charge in [0.15, 0.2) is 0 Å². The zero-order chi connectivity index (χ0) is 13.7. The van der Waals surface area contributed by atoms with E-state index in [0.717, 1.165) is 16.3 Å². The van der Waals surface area contributed by atoms with Crippen LogP contribution < -0.4 is 0 Å². The lowest BCUT2D eigenvalue weighted by atomic mass is 10.0. The molecule has 0 saturated heterocycles. The van der Waals surface area contributed by atoms with E-state index >= 15 is 0 Å². The molecule has 0 bridgehead atoms. The number of ether oxygens (including phenoxy) is 1. The molecule has 0 fully saturated rings. The molecule has 0 spiro atoms. The Bertz CT molecular complexity index is 602. The summed E-state index contributed by atoms with van der Waals surface area (Å²) in [6, 6.07) is 7.81. The molecule has 0 saturated carbocycles. The van der Waals surface area contributed by atoms with E-state index in [9.17, 15) is 9.59 Å². The van der Waals surface area contributed by atoms with Gasteiger partial charge in [-0.3, -0.25) is 14.6 Å². The molecule has 98 valence electrons. The number of fused-ring (bicyclic) bond motifs is 1. The van der Waals surface area contributed by atoms with Gasteiger partial charge in [0.25, 0.3) is 0 Å². The number of nitrogens with zero attached hydrogens (tertiary/aromatic N) is 1. The van der Waals surface area contributed by atoms with Gasteiger partial charge in [-0.1, -0.05) is 24.3 Å². The van der Waals surface area contributed by atoms with E-state index in [1.54, 1.807) is 12.4 Å². The quantitative estimate of drug-likeness (QED) is 0.771. The Kier molecular flexibility index (Phi) is 4.23. The molecule has 0 radical (unpaired) electrons. The van der Waals surface area contributed by atoms with Crippen LogP contribution >= 0.6 is 0 Å². The van der Waals surface area contributed by atoms with Crippen LogP contribution in [0.3, 0.4) is 0 Å². The second kappa shape index (κ2) is 6.09. The number of aromatic nitrogens is 1. The van der Waals surface area contributed by atoms with Crippen molar-refractivity contribution in [3.05, 3.63) is 42.2 Å². The number of hydrogen-bond acceptors (Lipinski definition) is 4. The standard InChI is InChI=1S/C15H15NO3/c1-19-15(18)7-6-13(17)8-12-10-16-9-11-4-2-3-5-14(11)12/h2-5,9-10H,6-8H2,1H3. The van der Waals surface area contributed by atoms with Gasteiger partial charge in [0.2, 0.25) is 0 Å². The van der Waals surface area contributed by atoms with Crippen molar-refractivity contribution >= 4 is 22.5 Å². The van der Waals surface area contributed by atoms with Crippen LogP contribution in [0.15, 0.2) is 36.7 Å². The Hall–Kier alpha value is -2.23. The molecule has 0 aliphatic heterocycles. The Morgan fingerprint density at radius 3 is 2.74 bits per heavy atom. The summed E-state index contributed by atoms with van der Waals surface area (Å²) in [5.41, 5.74) is 0.896. The van der Waals surface area contributed by atoms with Crippen LogP contribution in [0.5, 0.6) is 0 Å². The van der Waals surface area contributed by atoms with E-state index < -0.39 is 0 Å². The number of hydrogen-bond donors (Lipinski definition) is 0. The Labute approximate surface area is 111 Å². The van der Waals surface area contributed by atoms with E-state index in [1.807, 2.05) is 24.3 Å².